The number of rotatable bonds is 5. The highest BCUT2D eigenvalue weighted by Crippen LogP contribution is 2.12. The lowest BCUT2D eigenvalue weighted by Crippen LogP contribution is -2.45. The number of esters is 1. The van der Waals surface area contributed by atoms with Gasteiger partial charge in [-0.05, 0) is 18.9 Å². The highest BCUT2D eigenvalue weighted by Gasteiger charge is 2.28. The zero-order valence-electron chi connectivity index (χ0n) is 9.90. The first-order chi connectivity index (χ1) is 7.56. The molecule has 0 unspecified atom stereocenters. The van der Waals surface area contributed by atoms with Crippen LogP contribution in [0.4, 0.5) is 0 Å². The first-order valence-electron chi connectivity index (χ1n) is 5.56. The van der Waals surface area contributed by atoms with E-state index < -0.39 is 5.54 Å². The summed E-state index contributed by atoms with van der Waals surface area (Å²) in [5.74, 6) is -0.335. The summed E-state index contributed by atoms with van der Waals surface area (Å²) in [4.78, 5) is 11.7. The highest BCUT2D eigenvalue weighted by molar-refractivity contribution is 5.79. The maximum absolute atomic E-state index is 11.7. The molecule has 0 amide bonds. The minimum absolute atomic E-state index is 0.288. The number of nitrogens with two attached hydrogens (primary N) is 1. The smallest absolute Gasteiger partial charge is 0.326 e. The molecule has 2 N–H and O–H groups in total. The molecular formula is C13H19NO2. The molecule has 1 aromatic rings. The van der Waals surface area contributed by atoms with Gasteiger partial charge in [-0.15, -0.1) is 0 Å². The van der Waals surface area contributed by atoms with Crippen LogP contribution in [0.25, 0.3) is 0 Å². The quantitative estimate of drug-likeness (QED) is 0.776. The fourth-order valence-electron chi connectivity index (χ4n) is 1.51. The third-order valence-corrected chi connectivity index (χ3v) is 2.45. The molecule has 0 saturated heterocycles. The molecule has 0 saturated carbocycles. The van der Waals surface area contributed by atoms with Gasteiger partial charge in [-0.3, -0.25) is 4.79 Å². The normalized spacial score (nSPS) is 14.2. The number of carbonyl (C=O) groups is 1. The first-order valence-corrected chi connectivity index (χ1v) is 5.56. The molecule has 0 heterocycles. The maximum Gasteiger partial charge on any atom is 0.326 e. The minimum Gasteiger partial charge on any atom is -0.459 e. The van der Waals surface area contributed by atoms with Gasteiger partial charge in [0, 0.05) is 0 Å². The van der Waals surface area contributed by atoms with E-state index in [4.69, 9.17) is 10.5 Å². The van der Waals surface area contributed by atoms with Gasteiger partial charge in [0.15, 0.2) is 0 Å². The maximum atomic E-state index is 11.7. The minimum atomic E-state index is -0.871. The number of carbonyl (C=O) groups excluding carboxylic acids is 1. The molecule has 0 aliphatic heterocycles. The van der Waals surface area contributed by atoms with Crippen molar-refractivity contribution < 1.29 is 9.53 Å². The predicted molar refractivity (Wildman–Crippen MR) is 63.7 cm³/mol. The van der Waals surface area contributed by atoms with Crippen LogP contribution in [0.3, 0.4) is 0 Å². The molecular weight excluding hydrogens is 202 g/mol. The summed E-state index contributed by atoms with van der Waals surface area (Å²) in [7, 11) is 0. The third kappa shape index (κ3) is 3.66. The Bertz CT molecular complexity index is 333. The lowest BCUT2D eigenvalue weighted by Gasteiger charge is -2.21. The lowest BCUT2D eigenvalue weighted by atomic mass is 9.98. The van der Waals surface area contributed by atoms with Gasteiger partial charge in [0.05, 0.1) is 0 Å². The van der Waals surface area contributed by atoms with Crippen LogP contribution in [-0.4, -0.2) is 11.5 Å². The second-order valence-corrected chi connectivity index (χ2v) is 4.23. The summed E-state index contributed by atoms with van der Waals surface area (Å²) in [6.07, 6.45) is 1.51. The van der Waals surface area contributed by atoms with Crippen LogP contribution < -0.4 is 5.73 Å². The van der Waals surface area contributed by atoms with E-state index in [-0.39, 0.29) is 12.6 Å². The Labute approximate surface area is 96.6 Å². The van der Waals surface area contributed by atoms with E-state index in [0.29, 0.717) is 6.42 Å². The van der Waals surface area contributed by atoms with Crippen LogP contribution in [0.2, 0.25) is 0 Å². The zero-order valence-corrected chi connectivity index (χ0v) is 9.90. The van der Waals surface area contributed by atoms with Crippen molar-refractivity contribution in [2.45, 2.75) is 38.8 Å². The van der Waals surface area contributed by atoms with Gasteiger partial charge in [0.25, 0.3) is 0 Å². The van der Waals surface area contributed by atoms with Crippen LogP contribution in [0.15, 0.2) is 30.3 Å². The standard InChI is InChI=1S/C13H19NO2/c1-3-9-13(2,14)12(15)16-10-11-7-5-4-6-8-11/h4-8H,3,9-10,14H2,1-2H3/t13-/m0/s1. The monoisotopic (exact) mass is 221 g/mol. The molecule has 0 aliphatic rings. The van der Waals surface area contributed by atoms with Gasteiger partial charge in [-0.25, -0.2) is 0 Å². The van der Waals surface area contributed by atoms with E-state index in [1.165, 1.54) is 0 Å². The molecule has 16 heavy (non-hydrogen) atoms. The van der Waals surface area contributed by atoms with Crippen molar-refractivity contribution >= 4 is 5.97 Å². The van der Waals surface area contributed by atoms with Crippen molar-refractivity contribution in [3.8, 4) is 0 Å². The Morgan fingerprint density at radius 2 is 2.00 bits per heavy atom. The van der Waals surface area contributed by atoms with Crippen LogP contribution in [0, 0.1) is 0 Å². The average Bonchev–Trinajstić information content (AvgIpc) is 2.27. The number of ether oxygens (including phenoxy) is 1. The molecule has 0 bridgehead atoms. The fourth-order valence-corrected chi connectivity index (χ4v) is 1.51. The number of hydrogen-bond acceptors (Lipinski definition) is 3. The number of benzene rings is 1. The molecule has 0 spiro atoms. The van der Waals surface area contributed by atoms with Crippen molar-refractivity contribution in [3.05, 3.63) is 35.9 Å². The lowest BCUT2D eigenvalue weighted by molar-refractivity contribution is -0.151. The van der Waals surface area contributed by atoms with Gasteiger partial charge < -0.3 is 10.5 Å². The van der Waals surface area contributed by atoms with Gasteiger partial charge in [0.1, 0.15) is 12.1 Å². The molecule has 0 fully saturated rings. The summed E-state index contributed by atoms with van der Waals surface area (Å²) in [6, 6.07) is 9.59. The van der Waals surface area contributed by atoms with E-state index in [1.54, 1.807) is 6.92 Å². The van der Waals surface area contributed by atoms with Crippen molar-refractivity contribution in [3.63, 3.8) is 0 Å². The fraction of sp³-hybridized carbons (Fsp3) is 0.462. The molecule has 1 aromatic carbocycles. The molecule has 88 valence electrons. The second-order valence-electron chi connectivity index (χ2n) is 4.23. The van der Waals surface area contributed by atoms with E-state index >= 15 is 0 Å². The predicted octanol–water partition coefficient (Wildman–Crippen LogP) is 2.25. The van der Waals surface area contributed by atoms with E-state index in [0.717, 1.165) is 12.0 Å². The van der Waals surface area contributed by atoms with Crippen molar-refractivity contribution in [1.29, 1.82) is 0 Å². The highest BCUT2D eigenvalue weighted by atomic mass is 16.5. The zero-order chi connectivity index (χ0) is 12.0. The van der Waals surface area contributed by atoms with Crippen molar-refractivity contribution in [2.75, 3.05) is 0 Å². The topological polar surface area (TPSA) is 52.3 Å². The Morgan fingerprint density at radius 1 is 1.38 bits per heavy atom. The average molecular weight is 221 g/mol. The van der Waals surface area contributed by atoms with E-state index in [2.05, 4.69) is 0 Å². The van der Waals surface area contributed by atoms with Crippen molar-refractivity contribution in [1.82, 2.24) is 0 Å². The molecule has 0 aliphatic carbocycles. The molecule has 0 radical (unpaired) electrons. The first kappa shape index (κ1) is 12.7. The Hall–Kier alpha value is -1.35. The molecule has 1 atom stereocenters. The van der Waals surface area contributed by atoms with Crippen molar-refractivity contribution in [2.24, 2.45) is 5.73 Å². The van der Waals surface area contributed by atoms with Crippen LogP contribution in [0.5, 0.6) is 0 Å². The summed E-state index contributed by atoms with van der Waals surface area (Å²) < 4.78 is 5.18. The molecule has 1 rings (SSSR count). The Kier molecular flexibility index (Phi) is 4.50. The summed E-state index contributed by atoms with van der Waals surface area (Å²) in [5.41, 5.74) is 5.96. The molecule has 3 heteroatoms. The number of hydrogen-bond donors (Lipinski definition) is 1. The summed E-state index contributed by atoms with van der Waals surface area (Å²) >= 11 is 0. The SMILES string of the molecule is CCC[C@](C)(N)C(=O)OCc1ccccc1. The van der Waals surface area contributed by atoms with Gasteiger partial charge >= 0.3 is 5.97 Å². The van der Waals surface area contributed by atoms with Gasteiger partial charge in [0.2, 0.25) is 0 Å². The van der Waals surface area contributed by atoms with Gasteiger partial charge in [-0.2, -0.15) is 0 Å². The molecule has 0 aromatic heterocycles. The van der Waals surface area contributed by atoms with Gasteiger partial charge in [-0.1, -0.05) is 43.7 Å². The third-order valence-electron chi connectivity index (χ3n) is 2.45. The van der Waals surface area contributed by atoms with Crippen LogP contribution in [0.1, 0.15) is 32.3 Å². The summed E-state index contributed by atoms with van der Waals surface area (Å²) in [6.45, 7) is 4.00. The Balaban J connectivity index is 2.47. The largest absolute Gasteiger partial charge is 0.459 e. The summed E-state index contributed by atoms with van der Waals surface area (Å²) in [5, 5.41) is 0. The molecule has 3 nitrogen and oxygen atoms in total. The Morgan fingerprint density at radius 3 is 2.56 bits per heavy atom. The van der Waals surface area contributed by atoms with Crippen LogP contribution in [-0.2, 0) is 16.1 Å². The van der Waals surface area contributed by atoms with E-state index in [1.807, 2.05) is 37.3 Å². The van der Waals surface area contributed by atoms with E-state index in [9.17, 15) is 4.79 Å². The second kappa shape index (κ2) is 5.66. The van der Waals surface area contributed by atoms with Crippen LogP contribution >= 0.6 is 0 Å².